The normalized spacial score (nSPS) is 11.0. The highest BCUT2D eigenvalue weighted by Gasteiger charge is 2.14. The summed E-state index contributed by atoms with van der Waals surface area (Å²) in [6.45, 7) is 1.75. The van der Waals surface area contributed by atoms with Gasteiger partial charge in [0.2, 0.25) is 0 Å². The first-order valence-electron chi connectivity index (χ1n) is 7.31. The average molecular weight is 320 g/mol. The lowest BCUT2D eigenvalue weighted by Gasteiger charge is -2.05. The molecule has 6 nitrogen and oxygen atoms in total. The number of hydrogen-bond donors (Lipinski definition) is 1. The van der Waals surface area contributed by atoms with Gasteiger partial charge in [0, 0.05) is 24.1 Å². The monoisotopic (exact) mass is 320 g/mol. The van der Waals surface area contributed by atoms with E-state index in [1.807, 2.05) is 6.07 Å². The minimum Gasteiger partial charge on any atom is -0.441 e. The molecule has 118 valence electrons. The molecule has 0 aliphatic heterocycles. The first-order valence-corrected chi connectivity index (χ1v) is 7.31. The first kappa shape index (κ1) is 14.2. The summed E-state index contributed by atoms with van der Waals surface area (Å²) >= 11 is 0. The van der Waals surface area contributed by atoms with E-state index in [0.717, 1.165) is 0 Å². The molecular weight excluding hydrogens is 308 g/mol. The highest BCUT2D eigenvalue weighted by Crippen LogP contribution is 2.20. The summed E-state index contributed by atoms with van der Waals surface area (Å²) in [5, 5.41) is 3.36. The van der Waals surface area contributed by atoms with Gasteiger partial charge in [0.25, 0.3) is 5.91 Å². The molecule has 1 amide bonds. The molecule has 0 bridgehead atoms. The molecule has 0 saturated heterocycles. The number of oxazole rings is 1. The number of para-hydroxylation sites is 1. The Morgan fingerprint density at radius 2 is 1.88 bits per heavy atom. The van der Waals surface area contributed by atoms with Gasteiger partial charge in [-0.2, -0.15) is 0 Å². The van der Waals surface area contributed by atoms with Crippen molar-refractivity contribution >= 4 is 33.7 Å². The molecule has 4 aromatic rings. The number of carbonyl (C=O) groups is 1. The van der Waals surface area contributed by atoms with Crippen LogP contribution in [-0.2, 0) is 0 Å². The van der Waals surface area contributed by atoms with E-state index in [4.69, 9.17) is 8.83 Å². The van der Waals surface area contributed by atoms with Crippen LogP contribution in [0.3, 0.4) is 0 Å². The lowest BCUT2D eigenvalue weighted by molar-refractivity contribution is 0.102. The molecule has 0 spiro atoms. The smallest absolute Gasteiger partial charge is 0.349 e. The SMILES string of the molecule is Cc1nc2ccc(NC(=O)c3cc4ccccc4oc3=O)cc2o1. The molecule has 0 aliphatic carbocycles. The van der Waals surface area contributed by atoms with Gasteiger partial charge in [-0.3, -0.25) is 4.79 Å². The van der Waals surface area contributed by atoms with Gasteiger partial charge in [-0.15, -0.1) is 0 Å². The molecule has 0 unspecified atom stereocenters. The van der Waals surface area contributed by atoms with Crippen LogP contribution in [0.2, 0.25) is 0 Å². The predicted molar refractivity (Wildman–Crippen MR) is 89.2 cm³/mol. The lowest BCUT2D eigenvalue weighted by Crippen LogP contribution is -2.20. The van der Waals surface area contributed by atoms with Crippen LogP contribution >= 0.6 is 0 Å². The fourth-order valence-electron chi connectivity index (χ4n) is 2.54. The molecule has 6 heteroatoms. The summed E-state index contributed by atoms with van der Waals surface area (Å²) in [6, 6.07) is 13.7. The van der Waals surface area contributed by atoms with Gasteiger partial charge in [0.1, 0.15) is 16.7 Å². The summed E-state index contributed by atoms with van der Waals surface area (Å²) < 4.78 is 10.6. The Morgan fingerprint density at radius 3 is 2.75 bits per heavy atom. The van der Waals surface area contributed by atoms with E-state index in [0.29, 0.717) is 33.6 Å². The third-order valence-corrected chi connectivity index (χ3v) is 3.64. The number of benzene rings is 2. The van der Waals surface area contributed by atoms with E-state index in [2.05, 4.69) is 10.3 Å². The number of fused-ring (bicyclic) bond motifs is 2. The Balaban J connectivity index is 1.70. The van der Waals surface area contributed by atoms with Gasteiger partial charge in [0.15, 0.2) is 11.5 Å². The molecule has 0 radical (unpaired) electrons. The minimum atomic E-state index is -0.678. The fourth-order valence-corrected chi connectivity index (χ4v) is 2.54. The molecule has 2 heterocycles. The van der Waals surface area contributed by atoms with Gasteiger partial charge >= 0.3 is 5.63 Å². The van der Waals surface area contributed by atoms with E-state index in [1.165, 1.54) is 6.07 Å². The lowest BCUT2D eigenvalue weighted by atomic mass is 10.1. The molecule has 0 saturated carbocycles. The van der Waals surface area contributed by atoms with Crippen molar-refractivity contribution < 1.29 is 13.6 Å². The van der Waals surface area contributed by atoms with E-state index >= 15 is 0 Å². The van der Waals surface area contributed by atoms with Gasteiger partial charge < -0.3 is 14.2 Å². The van der Waals surface area contributed by atoms with E-state index in [1.54, 1.807) is 43.3 Å². The molecule has 1 N–H and O–H groups in total. The summed E-state index contributed by atoms with van der Waals surface area (Å²) in [6.07, 6.45) is 0. The van der Waals surface area contributed by atoms with Gasteiger partial charge in [-0.05, 0) is 24.3 Å². The van der Waals surface area contributed by atoms with Crippen molar-refractivity contribution in [1.29, 1.82) is 0 Å². The minimum absolute atomic E-state index is 0.0532. The van der Waals surface area contributed by atoms with Crippen LogP contribution in [0.4, 0.5) is 5.69 Å². The Bertz CT molecular complexity index is 1140. The maximum Gasteiger partial charge on any atom is 0.349 e. The van der Waals surface area contributed by atoms with Crippen LogP contribution in [0.1, 0.15) is 16.2 Å². The number of nitrogens with zero attached hydrogens (tertiary/aromatic N) is 1. The largest absolute Gasteiger partial charge is 0.441 e. The topological polar surface area (TPSA) is 85.3 Å². The van der Waals surface area contributed by atoms with Crippen LogP contribution in [0.15, 0.2) is 62.2 Å². The maximum absolute atomic E-state index is 12.4. The van der Waals surface area contributed by atoms with E-state index < -0.39 is 11.5 Å². The van der Waals surface area contributed by atoms with Crippen LogP contribution in [0.5, 0.6) is 0 Å². The molecular formula is C18H12N2O4. The second-order valence-corrected chi connectivity index (χ2v) is 5.35. The van der Waals surface area contributed by atoms with Crippen molar-refractivity contribution in [2.75, 3.05) is 5.32 Å². The number of nitrogens with one attached hydrogen (secondary N) is 1. The Labute approximate surface area is 135 Å². The van der Waals surface area contributed by atoms with Crippen LogP contribution in [-0.4, -0.2) is 10.9 Å². The van der Waals surface area contributed by atoms with Crippen molar-refractivity contribution in [1.82, 2.24) is 4.98 Å². The van der Waals surface area contributed by atoms with Crippen molar-refractivity contribution in [3.05, 3.63) is 70.4 Å². The van der Waals surface area contributed by atoms with Crippen LogP contribution in [0, 0.1) is 6.92 Å². The number of anilines is 1. The highest BCUT2D eigenvalue weighted by atomic mass is 16.4. The second-order valence-electron chi connectivity index (χ2n) is 5.35. The second kappa shape index (κ2) is 5.34. The molecule has 2 aromatic heterocycles. The first-order chi connectivity index (χ1) is 11.6. The zero-order valence-corrected chi connectivity index (χ0v) is 12.7. The molecule has 2 aromatic carbocycles. The van der Waals surface area contributed by atoms with Crippen molar-refractivity contribution in [2.24, 2.45) is 0 Å². The number of rotatable bonds is 2. The third-order valence-electron chi connectivity index (χ3n) is 3.64. The molecule has 0 fully saturated rings. The van der Waals surface area contributed by atoms with Crippen molar-refractivity contribution in [3.8, 4) is 0 Å². The Hall–Kier alpha value is -3.41. The number of amides is 1. The van der Waals surface area contributed by atoms with Crippen molar-refractivity contribution in [3.63, 3.8) is 0 Å². The van der Waals surface area contributed by atoms with Gasteiger partial charge in [-0.25, -0.2) is 9.78 Å². The number of carbonyl (C=O) groups excluding carboxylic acids is 1. The quantitative estimate of drug-likeness (QED) is 0.571. The van der Waals surface area contributed by atoms with Crippen molar-refractivity contribution in [2.45, 2.75) is 6.92 Å². The summed E-state index contributed by atoms with van der Waals surface area (Å²) in [5.41, 5.74) is 1.49. The Kier molecular flexibility index (Phi) is 3.16. The fraction of sp³-hybridized carbons (Fsp3) is 0.0556. The van der Waals surface area contributed by atoms with Gasteiger partial charge in [-0.1, -0.05) is 18.2 Å². The zero-order valence-electron chi connectivity index (χ0n) is 12.7. The molecule has 0 atom stereocenters. The molecule has 24 heavy (non-hydrogen) atoms. The van der Waals surface area contributed by atoms with Gasteiger partial charge in [0.05, 0.1) is 0 Å². The van der Waals surface area contributed by atoms with E-state index in [9.17, 15) is 9.59 Å². The maximum atomic E-state index is 12.4. The third kappa shape index (κ3) is 2.44. The van der Waals surface area contributed by atoms with Crippen LogP contribution < -0.4 is 10.9 Å². The summed E-state index contributed by atoms with van der Waals surface area (Å²) in [7, 11) is 0. The summed E-state index contributed by atoms with van der Waals surface area (Å²) in [5.74, 6) is 0.00809. The zero-order chi connectivity index (χ0) is 16.7. The number of hydrogen-bond acceptors (Lipinski definition) is 5. The van der Waals surface area contributed by atoms with Crippen LogP contribution in [0.25, 0.3) is 22.1 Å². The standard InChI is InChI=1S/C18H12N2O4/c1-10-19-14-7-6-12(9-16(14)23-10)20-17(21)13-8-11-4-2-3-5-15(11)24-18(13)22/h2-9H,1H3,(H,20,21). The molecule has 0 aliphatic rings. The Morgan fingerprint density at radius 1 is 1.04 bits per heavy atom. The average Bonchev–Trinajstić information content (AvgIpc) is 2.93. The van der Waals surface area contributed by atoms with E-state index in [-0.39, 0.29) is 5.56 Å². The number of aromatic nitrogens is 1. The number of aryl methyl sites for hydroxylation is 1. The highest BCUT2D eigenvalue weighted by molar-refractivity contribution is 6.05. The summed E-state index contributed by atoms with van der Waals surface area (Å²) in [4.78, 5) is 28.6. The predicted octanol–water partition coefficient (Wildman–Crippen LogP) is 3.49. The molecule has 4 rings (SSSR count).